The number of methoxy groups -OCH3 is 1. The molecule has 0 aliphatic heterocycles. The highest BCUT2D eigenvalue weighted by Crippen LogP contribution is 2.20. The zero-order chi connectivity index (χ0) is 16.4. The standard InChI is InChI=1S/C17H14N2O3S/c1-10-9-13-16(21)18-15(19-17(13)23-10)14(20)8-5-11-3-6-12(22-2)7-4-11/h3-9H,1-2H3,(H,18,19,21)/b8-5+. The number of ketones is 1. The van der Waals surface area contributed by atoms with E-state index in [0.717, 1.165) is 16.2 Å². The van der Waals surface area contributed by atoms with Gasteiger partial charge in [-0.25, -0.2) is 4.98 Å². The fourth-order valence-electron chi connectivity index (χ4n) is 2.13. The second-order valence-electron chi connectivity index (χ2n) is 4.96. The number of aryl methyl sites for hydroxylation is 1. The molecule has 2 aromatic heterocycles. The Balaban J connectivity index is 1.87. The molecule has 5 nitrogen and oxygen atoms in total. The van der Waals surface area contributed by atoms with E-state index in [1.807, 2.05) is 31.2 Å². The van der Waals surface area contributed by atoms with Crippen molar-refractivity contribution in [1.29, 1.82) is 0 Å². The first-order valence-corrected chi connectivity index (χ1v) is 7.75. The number of hydrogen-bond donors (Lipinski definition) is 1. The molecular weight excluding hydrogens is 312 g/mol. The Morgan fingerprint density at radius 3 is 2.74 bits per heavy atom. The third-order valence-electron chi connectivity index (χ3n) is 3.30. The van der Waals surface area contributed by atoms with Crippen molar-refractivity contribution in [2.45, 2.75) is 6.92 Å². The number of carbonyl (C=O) groups is 1. The van der Waals surface area contributed by atoms with Gasteiger partial charge in [-0.05, 0) is 36.8 Å². The van der Waals surface area contributed by atoms with Crippen LogP contribution in [0.1, 0.15) is 21.1 Å². The first-order chi connectivity index (χ1) is 11.1. The Morgan fingerprint density at radius 2 is 2.04 bits per heavy atom. The Kier molecular flexibility index (Phi) is 4.08. The number of nitrogens with zero attached hydrogens (tertiary/aromatic N) is 1. The molecule has 3 rings (SSSR count). The van der Waals surface area contributed by atoms with E-state index in [9.17, 15) is 9.59 Å². The second-order valence-corrected chi connectivity index (χ2v) is 6.20. The summed E-state index contributed by atoms with van der Waals surface area (Å²) in [5, 5.41) is 0.517. The van der Waals surface area contributed by atoms with E-state index in [-0.39, 0.29) is 17.2 Å². The maximum atomic E-state index is 12.2. The van der Waals surface area contributed by atoms with Crippen LogP contribution in [0.5, 0.6) is 5.75 Å². The maximum Gasteiger partial charge on any atom is 0.260 e. The monoisotopic (exact) mass is 326 g/mol. The molecule has 0 amide bonds. The third-order valence-corrected chi connectivity index (χ3v) is 4.25. The predicted molar refractivity (Wildman–Crippen MR) is 91.3 cm³/mol. The fourth-order valence-corrected chi connectivity index (χ4v) is 3.01. The van der Waals surface area contributed by atoms with Gasteiger partial charge in [0.15, 0.2) is 5.82 Å². The summed E-state index contributed by atoms with van der Waals surface area (Å²) in [4.78, 5) is 32.5. The van der Waals surface area contributed by atoms with Gasteiger partial charge in [0.2, 0.25) is 5.78 Å². The highest BCUT2D eigenvalue weighted by atomic mass is 32.1. The lowest BCUT2D eigenvalue weighted by Crippen LogP contribution is -2.13. The highest BCUT2D eigenvalue weighted by molar-refractivity contribution is 7.18. The van der Waals surface area contributed by atoms with E-state index in [2.05, 4.69) is 9.97 Å². The first kappa shape index (κ1) is 15.2. The molecule has 0 atom stereocenters. The lowest BCUT2D eigenvalue weighted by atomic mass is 10.2. The maximum absolute atomic E-state index is 12.2. The minimum Gasteiger partial charge on any atom is -0.497 e. The van der Waals surface area contributed by atoms with Crippen LogP contribution in [-0.2, 0) is 0 Å². The molecule has 0 aliphatic rings. The molecule has 3 aromatic rings. The molecule has 0 spiro atoms. The summed E-state index contributed by atoms with van der Waals surface area (Å²) in [7, 11) is 1.60. The molecule has 1 N–H and O–H groups in total. The number of H-pyrrole nitrogens is 1. The van der Waals surface area contributed by atoms with Crippen LogP contribution < -0.4 is 10.3 Å². The Morgan fingerprint density at radius 1 is 1.30 bits per heavy atom. The van der Waals surface area contributed by atoms with Gasteiger partial charge in [0.25, 0.3) is 5.56 Å². The summed E-state index contributed by atoms with van der Waals surface area (Å²) in [6.45, 7) is 1.90. The number of carbonyl (C=O) groups excluding carboxylic acids is 1. The van der Waals surface area contributed by atoms with E-state index in [1.54, 1.807) is 19.3 Å². The number of ether oxygens (including phenoxy) is 1. The van der Waals surface area contributed by atoms with Crippen LogP contribution >= 0.6 is 11.3 Å². The molecule has 2 heterocycles. The molecule has 0 radical (unpaired) electrons. The van der Waals surface area contributed by atoms with Crippen LogP contribution in [0, 0.1) is 6.92 Å². The van der Waals surface area contributed by atoms with Gasteiger partial charge in [-0.3, -0.25) is 9.59 Å². The molecule has 0 fully saturated rings. The predicted octanol–water partition coefficient (Wildman–Crippen LogP) is 3.20. The summed E-state index contributed by atoms with van der Waals surface area (Å²) in [6.07, 6.45) is 3.07. The Bertz CT molecular complexity index is 952. The molecule has 1 aromatic carbocycles. The number of fused-ring (bicyclic) bond motifs is 1. The van der Waals surface area contributed by atoms with Gasteiger partial charge in [-0.2, -0.15) is 0 Å². The molecule has 0 aliphatic carbocycles. The van der Waals surface area contributed by atoms with Crippen LogP contribution in [0.3, 0.4) is 0 Å². The SMILES string of the molecule is COc1ccc(/C=C/C(=O)c2nc3sc(C)cc3c(=O)[nH]2)cc1. The van der Waals surface area contributed by atoms with E-state index >= 15 is 0 Å². The van der Waals surface area contributed by atoms with Gasteiger partial charge < -0.3 is 9.72 Å². The number of thiophene rings is 1. The average Bonchev–Trinajstić information content (AvgIpc) is 2.94. The van der Waals surface area contributed by atoms with Gasteiger partial charge in [0.05, 0.1) is 12.5 Å². The second kappa shape index (κ2) is 6.18. The summed E-state index contributed by atoms with van der Waals surface area (Å²) in [5.74, 6) is 0.456. The topological polar surface area (TPSA) is 72.0 Å². The molecule has 0 unspecified atom stereocenters. The van der Waals surface area contributed by atoms with Crippen molar-refractivity contribution >= 4 is 33.4 Å². The third kappa shape index (κ3) is 3.22. The van der Waals surface area contributed by atoms with Gasteiger partial charge in [0, 0.05) is 4.88 Å². The Hall–Kier alpha value is -2.73. The number of rotatable bonds is 4. The highest BCUT2D eigenvalue weighted by Gasteiger charge is 2.11. The fraction of sp³-hybridized carbons (Fsp3) is 0.118. The first-order valence-electron chi connectivity index (χ1n) is 6.94. The summed E-state index contributed by atoms with van der Waals surface area (Å²) >= 11 is 1.40. The van der Waals surface area contributed by atoms with Crippen molar-refractivity contribution in [3.63, 3.8) is 0 Å². The number of aromatic nitrogens is 2. The van der Waals surface area contributed by atoms with Crippen molar-refractivity contribution < 1.29 is 9.53 Å². The number of allylic oxidation sites excluding steroid dienone is 1. The largest absolute Gasteiger partial charge is 0.497 e. The Labute approximate surface area is 136 Å². The number of aromatic amines is 1. The average molecular weight is 326 g/mol. The van der Waals surface area contributed by atoms with Crippen molar-refractivity contribution in [3.05, 3.63) is 63.0 Å². The summed E-state index contributed by atoms with van der Waals surface area (Å²) in [6, 6.07) is 9.07. The van der Waals surface area contributed by atoms with Crippen LogP contribution in [0.4, 0.5) is 0 Å². The van der Waals surface area contributed by atoms with E-state index < -0.39 is 0 Å². The molecule has 0 bridgehead atoms. The number of hydrogen-bond acceptors (Lipinski definition) is 5. The van der Waals surface area contributed by atoms with Crippen LogP contribution in [0.15, 0.2) is 41.2 Å². The molecule has 23 heavy (non-hydrogen) atoms. The normalized spacial score (nSPS) is 11.2. The molecule has 116 valence electrons. The van der Waals surface area contributed by atoms with E-state index in [1.165, 1.54) is 17.4 Å². The minimum atomic E-state index is -0.342. The van der Waals surface area contributed by atoms with Gasteiger partial charge in [-0.1, -0.05) is 18.2 Å². The van der Waals surface area contributed by atoms with E-state index in [0.29, 0.717) is 10.2 Å². The van der Waals surface area contributed by atoms with Crippen LogP contribution in [-0.4, -0.2) is 22.9 Å². The van der Waals surface area contributed by atoms with Crippen molar-refractivity contribution in [2.24, 2.45) is 0 Å². The van der Waals surface area contributed by atoms with Gasteiger partial charge in [0.1, 0.15) is 10.6 Å². The number of benzene rings is 1. The lowest BCUT2D eigenvalue weighted by molar-refractivity contribution is 0.103. The van der Waals surface area contributed by atoms with Crippen LogP contribution in [0.25, 0.3) is 16.3 Å². The van der Waals surface area contributed by atoms with E-state index in [4.69, 9.17) is 4.74 Å². The zero-order valence-corrected chi connectivity index (χ0v) is 13.4. The molecule has 0 saturated carbocycles. The summed E-state index contributed by atoms with van der Waals surface area (Å²) < 4.78 is 5.08. The molecular formula is C17H14N2O3S. The van der Waals surface area contributed by atoms with Crippen LogP contribution in [0.2, 0.25) is 0 Å². The van der Waals surface area contributed by atoms with Crippen molar-refractivity contribution in [1.82, 2.24) is 9.97 Å². The smallest absolute Gasteiger partial charge is 0.260 e. The molecule has 6 heteroatoms. The van der Waals surface area contributed by atoms with Crippen molar-refractivity contribution in [2.75, 3.05) is 7.11 Å². The zero-order valence-electron chi connectivity index (χ0n) is 12.6. The van der Waals surface area contributed by atoms with Gasteiger partial charge in [-0.15, -0.1) is 11.3 Å². The van der Waals surface area contributed by atoms with Crippen molar-refractivity contribution in [3.8, 4) is 5.75 Å². The lowest BCUT2D eigenvalue weighted by Gasteiger charge is -1.99. The minimum absolute atomic E-state index is 0.0501. The molecule has 0 saturated heterocycles. The summed E-state index contributed by atoms with van der Waals surface area (Å²) in [5.41, 5.74) is 0.565. The quantitative estimate of drug-likeness (QED) is 0.590. The van der Waals surface area contributed by atoms with Gasteiger partial charge >= 0.3 is 0 Å². The number of nitrogens with one attached hydrogen (secondary N) is 1.